The van der Waals surface area contributed by atoms with E-state index in [-0.39, 0.29) is 35.4 Å². The lowest BCUT2D eigenvalue weighted by molar-refractivity contribution is 0.670. The molecular formula is C54H36N2O. The topological polar surface area (TPSA) is 21.3 Å². The molecule has 3 heteroatoms. The smallest absolute Gasteiger partial charge is 0.143 e. The van der Waals surface area contributed by atoms with Gasteiger partial charge in [0.1, 0.15) is 11.2 Å². The second-order valence-electron chi connectivity index (χ2n) is 14.2. The van der Waals surface area contributed by atoms with Crippen molar-refractivity contribution in [1.29, 1.82) is 0 Å². The van der Waals surface area contributed by atoms with Gasteiger partial charge in [0.15, 0.2) is 0 Å². The Morgan fingerprint density at radius 3 is 1.63 bits per heavy atom. The molecule has 2 heterocycles. The summed E-state index contributed by atoms with van der Waals surface area (Å²) in [7, 11) is 0. The van der Waals surface area contributed by atoms with Crippen LogP contribution in [-0.4, -0.2) is 4.57 Å². The largest absolute Gasteiger partial charge is 0.455 e. The fourth-order valence-electron chi connectivity index (χ4n) is 8.17. The number of para-hydroxylation sites is 4. The highest BCUT2D eigenvalue weighted by atomic mass is 16.3. The number of fused-ring (bicyclic) bond motifs is 6. The second-order valence-corrected chi connectivity index (χ2v) is 14.2. The molecule has 0 unspecified atom stereocenters. The molecule has 11 aromatic rings. The average molecular weight is 733 g/mol. The van der Waals surface area contributed by atoms with Gasteiger partial charge in [-0.3, -0.25) is 0 Å². The Labute approximate surface area is 336 Å². The van der Waals surface area contributed by atoms with E-state index in [0.717, 1.165) is 60.9 Å². The summed E-state index contributed by atoms with van der Waals surface area (Å²) >= 11 is 0. The Bertz CT molecular complexity index is 3380. The van der Waals surface area contributed by atoms with Gasteiger partial charge in [-0.25, -0.2) is 0 Å². The fraction of sp³-hybridized carbons (Fsp3) is 0. The Hall–Kier alpha value is -7.62. The molecule has 0 N–H and O–H groups in total. The quantitative estimate of drug-likeness (QED) is 0.163. The zero-order valence-corrected chi connectivity index (χ0v) is 30.8. The third-order valence-corrected chi connectivity index (χ3v) is 10.9. The van der Waals surface area contributed by atoms with Crippen LogP contribution in [-0.2, 0) is 0 Å². The zero-order chi connectivity index (χ0) is 41.2. The summed E-state index contributed by atoms with van der Waals surface area (Å²) in [5, 5.41) is 4.52. The first-order valence-electron chi connectivity index (χ1n) is 21.1. The van der Waals surface area contributed by atoms with Crippen molar-refractivity contribution in [2.75, 3.05) is 4.90 Å². The van der Waals surface area contributed by atoms with Gasteiger partial charge in [0.2, 0.25) is 0 Å². The van der Waals surface area contributed by atoms with Crippen molar-refractivity contribution in [2.45, 2.75) is 0 Å². The first kappa shape index (κ1) is 28.8. The van der Waals surface area contributed by atoms with Gasteiger partial charge in [-0.15, -0.1) is 0 Å². The average Bonchev–Trinajstić information content (AvgIpc) is 3.87. The number of hydrogen-bond acceptors (Lipinski definition) is 2. The molecule has 0 fully saturated rings. The van der Waals surface area contributed by atoms with E-state index in [0.29, 0.717) is 16.9 Å². The maximum Gasteiger partial charge on any atom is 0.143 e. The lowest BCUT2D eigenvalue weighted by Gasteiger charge is -2.26. The molecule has 3 nitrogen and oxygen atoms in total. The summed E-state index contributed by atoms with van der Waals surface area (Å²) in [5.41, 5.74) is 11.4. The minimum Gasteiger partial charge on any atom is -0.455 e. The maximum absolute atomic E-state index is 9.41. The maximum atomic E-state index is 9.41. The Kier molecular flexibility index (Phi) is 6.86. The fourth-order valence-corrected chi connectivity index (χ4v) is 8.17. The molecule has 57 heavy (non-hydrogen) atoms. The van der Waals surface area contributed by atoms with Crippen molar-refractivity contribution >= 4 is 60.8 Å². The van der Waals surface area contributed by atoms with Crippen LogP contribution < -0.4 is 4.90 Å². The minimum atomic E-state index is -0.126. The number of benzene rings is 9. The van der Waals surface area contributed by atoms with E-state index in [2.05, 4.69) is 108 Å². The molecule has 0 aliphatic rings. The third kappa shape index (κ3) is 5.68. The van der Waals surface area contributed by atoms with Crippen LogP contribution in [0.3, 0.4) is 0 Å². The number of hydrogen-bond donors (Lipinski definition) is 0. The van der Waals surface area contributed by atoms with E-state index >= 15 is 0 Å². The molecule has 0 saturated carbocycles. The van der Waals surface area contributed by atoms with Gasteiger partial charge in [-0.1, -0.05) is 152 Å². The molecular weight excluding hydrogens is 693 g/mol. The molecule has 9 aromatic carbocycles. The summed E-state index contributed by atoms with van der Waals surface area (Å²) < 4.78 is 45.9. The lowest BCUT2D eigenvalue weighted by Crippen LogP contribution is -2.09. The molecule has 0 aliphatic heterocycles. The summed E-state index contributed by atoms with van der Waals surface area (Å²) in [5.74, 6) is 0. The Balaban J connectivity index is 1.03. The highest BCUT2D eigenvalue weighted by Gasteiger charge is 2.17. The van der Waals surface area contributed by atoms with E-state index in [1.807, 2.05) is 95.9 Å². The predicted molar refractivity (Wildman–Crippen MR) is 239 cm³/mol. The number of furan rings is 1. The van der Waals surface area contributed by atoms with Crippen LogP contribution in [0.1, 0.15) is 5.48 Å². The van der Waals surface area contributed by atoms with Crippen molar-refractivity contribution in [2.24, 2.45) is 0 Å². The molecule has 0 spiro atoms. The highest BCUT2D eigenvalue weighted by Crippen LogP contribution is 2.40. The van der Waals surface area contributed by atoms with Gasteiger partial charge >= 0.3 is 0 Å². The predicted octanol–water partition coefficient (Wildman–Crippen LogP) is 15.2. The summed E-state index contributed by atoms with van der Waals surface area (Å²) in [6.45, 7) is 0. The van der Waals surface area contributed by atoms with Crippen molar-refractivity contribution in [3.05, 3.63) is 218 Å². The van der Waals surface area contributed by atoms with Crippen molar-refractivity contribution in [1.82, 2.24) is 4.57 Å². The van der Waals surface area contributed by atoms with E-state index < -0.39 is 0 Å². The summed E-state index contributed by atoms with van der Waals surface area (Å²) in [4.78, 5) is 1.83. The van der Waals surface area contributed by atoms with E-state index in [1.165, 1.54) is 10.8 Å². The highest BCUT2D eigenvalue weighted by molar-refractivity contribution is 6.10. The standard InChI is InChI=1S/C54H36N2O/c1-2-12-37(13-3-1)38-24-30-42(31-25-38)55(44-34-28-40(29-35-44)46-19-11-20-50-49-18-6-9-23-53(49)57-54(46)50)43-32-26-39(27-33-43)41-14-10-15-45(36-41)56-51-21-7-4-16-47(51)48-17-5-8-22-52(48)56/h1-36H/i24D,25D,30D,31D. The summed E-state index contributed by atoms with van der Waals surface area (Å²) in [6.07, 6.45) is 0. The molecule has 2 aromatic heterocycles. The van der Waals surface area contributed by atoms with Crippen LogP contribution in [0, 0.1) is 0 Å². The van der Waals surface area contributed by atoms with Crippen LogP contribution >= 0.6 is 0 Å². The van der Waals surface area contributed by atoms with Crippen LogP contribution in [0.2, 0.25) is 0 Å². The number of rotatable bonds is 7. The van der Waals surface area contributed by atoms with Crippen LogP contribution in [0.5, 0.6) is 0 Å². The SMILES string of the molecule is [2H]c1c([2H])c(N(c2ccc(-c3cccc(-n4c5ccccc5c5ccccc54)c3)cc2)c2ccc(-c3cccc4c3oc3ccccc34)cc2)c([2H])c([2H])c1-c1ccccc1. The van der Waals surface area contributed by atoms with Crippen LogP contribution in [0.15, 0.2) is 223 Å². The van der Waals surface area contributed by atoms with E-state index in [4.69, 9.17) is 4.42 Å². The number of nitrogens with zero attached hydrogens (tertiary/aromatic N) is 2. The Morgan fingerprint density at radius 2 is 0.930 bits per heavy atom. The Morgan fingerprint density at radius 1 is 0.386 bits per heavy atom. The van der Waals surface area contributed by atoms with Gasteiger partial charge in [0.05, 0.1) is 16.5 Å². The molecule has 268 valence electrons. The van der Waals surface area contributed by atoms with Gasteiger partial charge < -0.3 is 13.9 Å². The van der Waals surface area contributed by atoms with E-state index in [9.17, 15) is 5.48 Å². The van der Waals surface area contributed by atoms with Crippen molar-refractivity contribution in [3.63, 3.8) is 0 Å². The monoisotopic (exact) mass is 732 g/mol. The van der Waals surface area contributed by atoms with Gasteiger partial charge in [0, 0.05) is 49.9 Å². The molecule has 11 rings (SSSR count). The molecule has 0 saturated heterocycles. The first-order valence-corrected chi connectivity index (χ1v) is 19.1. The van der Waals surface area contributed by atoms with Gasteiger partial charge in [0.25, 0.3) is 0 Å². The van der Waals surface area contributed by atoms with Crippen molar-refractivity contribution in [3.8, 4) is 39.1 Å². The minimum absolute atomic E-state index is 0.0983. The first-order chi connectivity index (χ1) is 29.9. The van der Waals surface area contributed by atoms with Gasteiger partial charge in [-0.05, 0) is 94.5 Å². The molecule has 0 amide bonds. The third-order valence-electron chi connectivity index (χ3n) is 10.9. The van der Waals surface area contributed by atoms with Crippen molar-refractivity contribution < 1.29 is 9.90 Å². The molecule has 0 radical (unpaired) electrons. The van der Waals surface area contributed by atoms with Crippen LogP contribution in [0.25, 0.3) is 82.8 Å². The normalized spacial score (nSPS) is 12.5. The number of anilines is 3. The lowest BCUT2D eigenvalue weighted by atomic mass is 10.0. The second kappa shape index (κ2) is 13.6. The molecule has 0 bridgehead atoms. The summed E-state index contributed by atoms with van der Waals surface area (Å²) in [6, 6.07) is 64.5. The van der Waals surface area contributed by atoms with Gasteiger partial charge in [-0.2, -0.15) is 0 Å². The zero-order valence-electron chi connectivity index (χ0n) is 34.8. The number of aromatic nitrogens is 1. The van der Waals surface area contributed by atoms with E-state index in [1.54, 1.807) is 0 Å². The van der Waals surface area contributed by atoms with Crippen LogP contribution in [0.4, 0.5) is 17.1 Å². The molecule has 0 atom stereocenters. The molecule has 0 aliphatic carbocycles.